The van der Waals surface area contributed by atoms with Crippen LogP contribution >= 0.6 is 22.6 Å². The molecule has 6 heteroatoms. The second-order valence-electron chi connectivity index (χ2n) is 3.68. The van der Waals surface area contributed by atoms with Crippen molar-refractivity contribution >= 4 is 32.6 Å². The van der Waals surface area contributed by atoms with Gasteiger partial charge in [-0.05, 0) is 29.8 Å². The first-order valence-electron chi connectivity index (χ1n) is 5.29. The second-order valence-corrected chi connectivity index (χ2v) is 6.21. The molecular formula is C12H12INO3S. The molecule has 0 fully saturated rings. The van der Waals surface area contributed by atoms with Crippen LogP contribution in [0.1, 0.15) is 11.3 Å². The summed E-state index contributed by atoms with van der Waals surface area (Å²) in [5, 5.41) is 0. The molecule has 0 aliphatic heterocycles. The highest BCUT2D eigenvalue weighted by molar-refractivity contribution is 14.1. The Labute approximate surface area is 120 Å². The maximum atomic E-state index is 12.0. The van der Waals surface area contributed by atoms with Gasteiger partial charge in [0.05, 0.1) is 17.7 Å². The number of rotatable bonds is 5. The lowest BCUT2D eigenvalue weighted by Crippen LogP contribution is -2.23. The van der Waals surface area contributed by atoms with E-state index in [9.17, 15) is 8.42 Å². The predicted octanol–water partition coefficient (Wildman–Crippen LogP) is 2.69. The SMILES string of the molecule is O=S(=O)(NCc1ccco1)c1cccc(CI)c1. The lowest BCUT2D eigenvalue weighted by atomic mass is 10.2. The highest BCUT2D eigenvalue weighted by Gasteiger charge is 2.14. The van der Waals surface area contributed by atoms with Crippen molar-refractivity contribution in [2.75, 3.05) is 0 Å². The van der Waals surface area contributed by atoms with E-state index in [1.165, 1.54) is 6.26 Å². The van der Waals surface area contributed by atoms with E-state index < -0.39 is 10.0 Å². The maximum Gasteiger partial charge on any atom is 0.240 e. The standard InChI is InChI=1S/C12H12INO3S/c13-8-10-3-1-5-12(7-10)18(15,16)14-9-11-4-2-6-17-11/h1-7,14H,8-9H2. The third kappa shape index (κ3) is 3.33. The van der Waals surface area contributed by atoms with Crippen molar-refractivity contribution in [1.82, 2.24) is 4.72 Å². The maximum absolute atomic E-state index is 12.0. The summed E-state index contributed by atoms with van der Waals surface area (Å²) in [6.07, 6.45) is 1.51. The number of nitrogens with one attached hydrogen (secondary N) is 1. The molecule has 1 N–H and O–H groups in total. The Kier molecular flexibility index (Phi) is 4.41. The third-order valence-electron chi connectivity index (χ3n) is 2.38. The molecule has 0 atom stereocenters. The van der Waals surface area contributed by atoms with Gasteiger partial charge in [-0.2, -0.15) is 0 Å². The van der Waals surface area contributed by atoms with Gasteiger partial charge in [-0.3, -0.25) is 0 Å². The molecule has 18 heavy (non-hydrogen) atoms. The Morgan fingerprint density at radius 3 is 2.72 bits per heavy atom. The normalized spacial score (nSPS) is 11.6. The Balaban J connectivity index is 2.14. The number of alkyl halides is 1. The van der Waals surface area contributed by atoms with Crippen molar-refractivity contribution in [3.05, 3.63) is 54.0 Å². The second kappa shape index (κ2) is 5.85. The lowest BCUT2D eigenvalue weighted by Gasteiger charge is -2.06. The van der Waals surface area contributed by atoms with Crippen LogP contribution in [0.4, 0.5) is 0 Å². The summed E-state index contributed by atoms with van der Waals surface area (Å²) in [5.41, 5.74) is 0.983. The number of benzene rings is 1. The number of sulfonamides is 1. The van der Waals surface area contributed by atoms with Crippen LogP contribution in [0.5, 0.6) is 0 Å². The zero-order valence-corrected chi connectivity index (χ0v) is 12.4. The summed E-state index contributed by atoms with van der Waals surface area (Å²) >= 11 is 2.20. The van der Waals surface area contributed by atoms with E-state index in [2.05, 4.69) is 27.3 Å². The molecule has 0 saturated heterocycles. The molecule has 2 rings (SSSR count). The van der Waals surface area contributed by atoms with Crippen LogP contribution in [-0.4, -0.2) is 8.42 Å². The fraction of sp³-hybridized carbons (Fsp3) is 0.167. The van der Waals surface area contributed by atoms with Crippen LogP contribution in [-0.2, 0) is 21.0 Å². The van der Waals surface area contributed by atoms with Gasteiger partial charge in [0, 0.05) is 4.43 Å². The van der Waals surface area contributed by atoms with Gasteiger partial charge in [0.15, 0.2) is 0 Å². The van der Waals surface area contributed by atoms with Crippen LogP contribution in [0.3, 0.4) is 0 Å². The molecular weight excluding hydrogens is 365 g/mol. The molecule has 0 unspecified atom stereocenters. The molecule has 0 bridgehead atoms. The highest BCUT2D eigenvalue weighted by Crippen LogP contribution is 2.14. The van der Waals surface area contributed by atoms with Gasteiger partial charge >= 0.3 is 0 Å². The molecule has 0 aliphatic rings. The van der Waals surface area contributed by atoms with Crippen molar-refractivity contribution < 1.29 is 12.8 Å². The molecule has 1 aromatic heterocycles. The van der Waals surface area contributed by atoms with Gasteiger partial charge in [-0.25, -0.2) is 13.1 Å². The minimum atomic E-state index is -3.48. The number of halogens is 1. The predicted molar refractivity (Wildman–Crippen MR) is 76.9 cm³/mol. The van der Waals surface area contributed by atoms with Crippen LogP contribution < -0.4 is 4.72 Å². The molecule has 0 spiro atoms. The van der Waals surface area contributed by atoms with E-state index in [0.717, 1.165) is 9.99 Å². The van der Waals surface area contributed by atoms with E-state index in [-0.39, 0.29) is 11.4 Å². The smallest absolute Gasteiger partial charge is 0.240 e. The lowest BCUT2D eigenvalue weighted by molar-refractivity contribution is 0.498. The Morgan fingerprint density at radius 1 is 1.22 bits per heavy atom. The summed E-state index contributed by atoms with van der Waals surface area (Å²) in [4.78, 5) is 0.281. The van der Waals surface area contributed by atoms with Gasteiger partial charge in [-0.1, -0.05) is 34.7 Å². The average Bonchev–Trinajstić information content (AvgIpc) is 2.90. The van der Waals surface area contributed by atoms with Gasteiger partial charge in [0.25, 0.3) is 0 Å². The fourth-order valence-electron chi connectivity index (χ4n) is 1.46. The first-order valence-corrected chi connectivity index (χ1v) is 8.29. The van der Waals surface area contributed by atoms with Crippen LogP contribution in [0.2, 0.25) is 0 Å². The summed E-state index contributed by atoms with van der Waals surface area (Å²) in [7, 11) is -3.48. The largest absolute Gasteiger partial charge is 0.468 e. The number of furan rings is 1. The molecule has 96 valence electrons. The van der Waals surface area contributed by atoms with Crippen LogP contribution in [0.25, 0.3) is 0 Å². The third-order valence-corrected chi connectivity index (χ3v) is 4.66. The number of hydrogen-bond donors (Lipinski definition) is 1. The van der Waals surface area contributed by atoms with Crippen molar-refractivity contribution in [3.8, 4) is 0 Å². The number of hydrogen-bond acceptors (Lipinski definition) is 3. The van der Waals surface area contributed by atoms with Crippen molar-refractivity contribution in [2.45, 2.75) is 15.9 Å². The molecule has 0 saturated carbocycles. The van der Waals surface area contributed by atoms with E-state index in [1.807, 2.05) is 6.07 Å². The first kappa shape index (κ1) is 13.6. The van der Waals surface area contributed by atoms with Gasteiger partial charge in [0.2, 0.25) is 10.0 Å². The molecule has 0 aliphatic carbocycles. The summed E-state index contributed by atoms with van der Waals surface area (Å²) < 4.78 is 32.4. The monoisotopic (exact) mass is 377 g/mol. The Morgan fingerprint density at radius 2 is 2.06 bits per heavy atom. The van der Waals surface area contributed by atoms with Crippen molar-refractivity contribution in [1.29, 1.82) is 0 Å². The highest BCUT2D eigenvalue weighted by atomic mass is 127. The van der Waals surface area contributed by atoms with Crippen molar-refractivity contribution in [2.24, 2.45) is 0 Å². The quantitative estimate of drug-likeness (QED) is 0.644. The van der Waals surface area contributed by atoms with Crippen LogP contribution in [0.15, 0.2) is 52.0 Å². The summed E-state index contributed by atoms with van der Waals surface area (Å²) in [5.74, 6) is 0.587. The average molecular weight is 377 g/mol. The minimum absolute atomic E-state index is 0.157. The van der Waals surface area contributed by atoms with E-state index in [4.69, 9.17) is 4.42 Å². The zero-order chi connectivity index (χ0) is 13.0. The fourth-order valence-corrected chi connectivity index (χ4v) is 3.00. The Hall–Kier alpha value is -0.860. The van der Waals surface area contributed by atoms with Gasteiger partial charge in [-0.15, -0.1) is 0 Å². The molecule has 4 nitrogen and oxygen atoms in total. The topological polar surface area (TPSA) is 59.3 Å². The van der Waals surface area contributed by atoms with Crippen LogP contribution in [0, 0.1) is 0 Å². The van der Waals surface area contributed by atoms with Gasteiger partial charge < -0.3 is 4.42 Å². The zero-order valence-electron chi connectivity index (χ0n) is 9.47. The molecule has 0 amide bonds. The summed E-state index contributed by atoms with van der Waals surface area (Å²) in [6.45, 7) is 0.157. The van der Waals surface area contributed by atoms with Crippen molar-refractivity contribution in [3.63, 3.8) is 0 Å². The molecule has 2 aromatic rings. The van der Waals surface area contributed by atoms with E-state index in [0.29, 0.717) is 5.76 Å². The van der Waals surface area contributed by atoms with E-state index >= 15 is 0 Å². The first-order chi connectivity index (χ1) is 8.62. The van der Waals surface area contributed by atoms with E-state index in [1.54, 1.807) is 30.3 Å². The van der Waals surface area contributed by atoms with Gasteiger partial charge in [0.1, 0.15) is 5.76 Å². The summed E-state index contributed by atoms with van der Waals surface area (Å²) in [6, 6.07) is 10.4. The molecule has 1 aromatic carbocycles. The minimum Gasteiger partial charge on any atom is -0.468 e. The Bertz CT molecular complexity index is 608. The molecule has 0 radical (unpaired) electrons. The molecule has 1 heterocycles.